The SMILES string of the molecule is CC(O)CCNC(=O)CCC(=O)c1cc(Cl)sc1Cl. The van der Waals surface area contributed by atoms with Crippen molar-refractivity contribution in [1.82, 2.24) is 5.32 Å². The van der Waals surface area contributed by atoms with Crippen LogP contribution in [-0.2, 0) is 4.79 Å². The maximum atomic E-state index is 11.8. The van der Waals surface area contributed by atoms with E-state index in [-0.39, 0.29) is 24.5 Å². The molecule has 0 aliphatic carbocycles. The zero-order valence-corrected chi connectivity index (χ0v) is 12.7. The smallest absolute Gasteiger partial charge is 0.220 e. The van der Waals surface area contributed by atoms with Gasteiger partial charge in [0.2, 0.25) is 5.91 Å². The normalized spacial score (nSPS) is 12.2. The zero-order chi connectivity index (χ0) is 14.4. The minimum Gasteiger partial charge on any atom is -0.393 e. The number of hydrogen-bond acceptors (Lipinski definition) is 4. The summed E-state index contributed by atoms with van der Waals surface area (Å²) in [5.41, 5.74) is 0.369. The molecule has 1 heterocycles. The number of hydrogen-bond donors (Lipinski definition) is 2. The van der Waals surface area contributed by atoms with Crippen molar-refractivity contribution < 1.29 is 14.7 Å². The fourth-order valence-electron chi connectivity index (χ4n) is 1.40. The van der Waals surface area contributed by atoms with Crippen molar-refractivity contribution in [2.75, 3.05) is 6.54 Å². The summed E-state index contributed by atoms with van der Waals surface area (Å²) in [5, 5.41) is 11.7. The predicted molar refractivity (Wildman–Crippen MR) is 77.2 cm³/mol. The lowest BCUT2D eigenvalue weighted by molar-refractivity contribution is -0.121. The van der Waals surface area contributed by atoms with Gasteiger partial charge < -0.3 is 10.4 Å². The average molecular weight is 324 g/mol. The van der Waals surface area contributed by atoms with E-state index in [0.29, 0.717) is 27.2 Å². The van der Waals surface area contributed by atoms with E-state index in [1.54, 1.807) is 6.92 Å². The van der Waals surface area contributed by atoms with Crippen LogP contribution in [0.25, 0.3) is 0 Å². The molecule has 1 atom stereocenters. The highest BCUT2D eigenvalue weighted by Crippen LogP contribution is 2.31. The number of thiophene rings is 1. The van der Waals surface area contributed by atoms with Crippen molar-refractivity contribution >= 4 is 46.2 Å². The lowest BCUT2D eigenvalue weighted by Gasteiger charge is -2.06. The number of rotatable bonds is 7. The lowest BCUT2D eigenvalue weighted by atomic mass is 10.1. The van der Waals surface area contributed by atoms with E-state index in [0.717, 1.165) is 11.3 Å². The summed E-state index contributed by atoms with van der Waals surface area (Å²) < 4.78 is 0.805. The third-order valence-electron chi connectivity index (χ3n) is 2.42. The summed E-state index contributed by atoms with van der Waals surface area (Å²) in [6, 6.07) is 1.52. The average Bonchev–Trinajstić information content (AvgIpc) is 2.65. The molecule has 0 aliphatic rings. The van der Waals surface area contributed by atoms with E-state index in [4.69, 9.17) is 28.3 Å². The first kappa shape index (κ1) is 16.4. The standard InChI is InChI=1S/C12H15Cl2NO3S/c1-7(16)4-5-15-11(18)3-2-9(17)8-6-10(13)19-12(8)14/h6-7,16H,2-5H2,1H3,(H,15,18). The molecule has 19 heavy (non-hydrogen) atoms. The Morgan fingerprint density at radius 3 is 2.63 bits per heavy atom. The number of aliphatic hydroxyl groups excluding tert-OH is 1. The van der Waals surface area contributed by atoms with Crippen molar-refractivity contribution in [2.24, 2.45) is 0 Å². The van der Waals surface area contributed by atoms with Gasteiger partial charge in [-0.3, -0.25) is 9.59 Å². The van der Waals surface area contributed by atoms with Gasteiger partial charge in [0.05, 0.1) is 10.4 Å². The van der Waals surface area contributed by atoms with E-state index in [9.17, 15) is 9.59 Å². The number of nitrogens with one attached hydrogen (secondary N) is 1. The Morgan fingerprint density at radius 2 is 2.11 bits per heavy atom. The van der Waals surface area contributed by atoms with E-state index in [2.05, 4.69) is 5.32 Å². The molecule has 0 aromatic carbocycles. The second-order valence-corrected chi connectivity index (χ2v) is 6.43. The molecule has 106 valence electrons. The second kappa shape index (κ2) is 7.85. The topological polar surface area (TPSA) is 66.4 Å². The van der Waals surface area contributed by atoms with E-state index in [1.165, 1.54) is 6.07 Å². The largest absolute Gasteiger partial charge is 0.393 e. The van der Waals surface area contributed by atoms with E-state index in [1.807, 2.05) is 0 Å². The van der Waals surface area contributed by atoms with Crippen LogP contribution < -0.4 is 5.32 Å². The lowest BCUT2D eigenvalue weighted by Crippen LogP contribution is -2.26. The summed E-state index contributed by atoms with van der Waals surface area (Å²) in [6.07, 6.45) is 0.232. The minimum absolute atomic E-state index is 0.0906. The Kier molecular flexibility index (Phi) is 6.79. The number of amides is 1. The molecule has 2 N–H and O–H groups in total. The van der Waals surface area contributed by atoms with Crippen LogP contribution in [0.4, 0.5) is 0 Å². The second-order valence-electron chi connectivity index (χ2n) is 4.15. The molecule has 0 aliphatic heterocycles. The van der Waals surface area contributed by atoms with Crippen LogP contribution in [0.1, 0.15) is 36.5 Å². The van der Waals surface area contributed by atoms with Crippen LogP contribution in [0.15, 0.2) is 6.07 Å². The molecule has 1 aromatic heterocycles. The van der Waals surface area contributed by atoms with Gasteiger partial charge in [0, 0.05) is 24.9 Å². The van der Waals surface area contributed by atoms with Gasteiger partial charge in [-0.05, 0) is 19.4 Å². The van der Waals surface area contributed by atoms with Gasteiger partial charge in [-0.25, -0.2) is 0 Å². The number of aliphatic hydroxyl groups is 1. The van der Waals surface area contributed by atoms with Crippen molar-refractivity contribution in [2.45, 2.75) is 32.3 Å². The summed E-state index contributed by atoms with van der Waals surface area (Å²) >= 11 is 12.7. The zero-order valence-electron chi connectivity index (χ0n) is 10.4. The minimum atomic E-state index is -0.450. The highest BCUT2D eigenvalue weighted by molar-refractivity contribution is 7.20. The van der Waals surface area contributed by atoms with Gasteiger partial charge >= 0.3 is 0 Å². The molecule has 0 spiro atoms. The van der Waals surface area contributed by atoms with Gasteiger partial charge in [0.25, 0.3) is 0 Å². The van der Waals surface area contributed by atoms with Crippen molar-refractivity contribution in [3.05, 3.63) is 20.3 Å². The first-order valence-electron chi connectivity index (χ1n) is 5.83. The van der Waals surface area contributed by atoms with Crippen LogP contribution >= 0.6 is 34.5 Å². The molecule has 0 saturated heterocycles. The van der Waals surface area contributed by atoms with Crippen LogP contribution in [0.2, 0.25) is 8.67 Å². The Labute approximate surface area is 125 Å². The third kappa shape index (κ3) is 5.91. The molecule has 1 rings (SSSR count). The number of halogens is 2. The fraction of sp³-hybridized carbons (Fsp3) is 0.500. The molecule has 0 saturated carbocycles. The quantitative estimate of drug-likeness (QED) is 0.758. The Morgan fingerprint density at radius 1 is 1.42 bits per heavy atom. The maximum absolute atomic E-state index is 11.8. The van der Waals surface area contributed by atoms with Crippen LogP contribution in [0, 0.1) is 0 Å². The molecular formula is C12H15Cl2NO3S. The van der Waals surface area contributed by atoms with Gasteiger partial charge in [0.1, 0.15) is 4.34 Å². The molecule has 0 fully saturated rings. The Bertz CT molecular complexity index is 460. The monoisotopic (exact) mass is 323 g/mol. The number of carbonyl (C=O) groups excluding carboxylic acids is 2. The maximum Gasteiger partial charge on any atom is 0.220 e. The van der Waals surface area contributed by atoms with Gasteiger partial charge in [0.15, 0.2) is 5.78 Å². The van der Waals surface area contributed by atoms with Gasteiger partial charge in [-0.15, -0.1) is 11.3 Å². The Hall–Kier alpha value is -0.620. The van der Waals surface area contributed by atoms with Gasteiger partial charge in [-0.1, -0.05) is 23.2 Å². The summed E-state index contributed by atoms with van der Waals surface area (Å²) in [4.78, 5) is 23.3. The summed E-state index contributed by atoms with van der Waals surface area (Å²) in [6.45, 7) is 2.05. The molecule has 1 unspecified atom stereocenters. The summed E-state index contributed by atoms with van der Waals surface area (Å²) in [7, 11) is 0. The Balaban J connectivity index is 2.34. The predicted octanol–water partition coefficient (Wildman–Crippen LogP) is 2.90. The van der Waals surface area contributed by atoms with Crippen molar-refractivity contribution in [1.29, 1.82) is 0 Å². The molecule has 4 nitrogen and oxygen atoms in total. The number of ketones is 1. The van der Waals surface area contributed by atoms with Crippen molar-refractivity contribution in [3.8, 4) is 0 Å². The highest BCUT2D eigenvalue weighted by atomic mass is 35.5. The molecule has 1 amide bonds. The molecule has 0 bridgehead atoms. The summed E-state index contributed by atoms with van der Waals surface area (Å²) in [5.74, 6) is -0.412. The van der Waals surface area contributed by atoms with Crippen LogP contribution in [-0.4, -0.2) is 29.4 Å². The van der Waals surface area contributed by atoms with Crippen LogP contribution in [0.3, 0.4) is 0 Å². The van der Waals surface area contributed by atoms with Crippen LogP contribution in [0.5, 0.6) is 0 Å². The highest BCUT2D eigenvalue weighted by Gasteiger charge is 2.15. The number of Topliss-reactive ketones (excluding diaryl/α,β-unsaturated/α-hetero) is 1. The van der Waals surface area contributed by atoms with Crippen molar-refractivity contribution in [3.63, 3.8) is 0 Å². The third-order valence-corrected chi connectivity index (χ3v) is 3.91. The van der Waals surface area contributed by atoms with E-state index >= 15 is 0 Å². The van der Waals surface area contributed by atoms with Gasteiger partial charge in [-0.2, -0.15) is 0 Å². The first-order chi connectivity index (χ1) is 8.90. The van der Waals surface area contributed by atoms with E-state index < -0.39 is 6.10 Å². The molecule has 0 radical (unpaired) electrons. The molecule has 1 aromatic rings. The number of carbonyl (C=O) groups is 2. The molecule has 7 heteroatoms. The molecular weight excluding hydrogens is 309 g/mol. The fourth-order valence-corrected chi connectivity index (χ4v) is 2.90. The first-order valence-corrected chi connectivity index (χ1v) is 7.40.